The SMILES string of the molecule is CS(=O)(=O)N1CCCCC1C(=O)Nc1ncc[nH]1. The van der Waals surface area contributed by atoms with Crippen molar-refractivity contribution < 1.29 is 13.2 Å². The molecule has 2 N–H and O–H groups in total. The number of piperidine rings is 1. The Balaban J connectivity index is 2.11. The summed E-state index contributed by atoms with van der Waals surface area (Å²) in [5.41, 5.74) is 0. The van der Waals surface area contributed by atoms with Gasteiger partial charge < -0.3 is 4.98 Å². The molecule has 100 valence electrons. The smallest absolute Gasteiger partial charge is 0.245 e. The Morgan fingerprint density at radius 3 is 2.94 bits per heavy atom. The molecule has 0 saturated carbocycles. The van der Waals surface area contributed by atoms with E-state index in [1.807, 2.05) is 0 Å². The molecule has 1 aliphatic rings. The molecule has 0 aromatic carbocycles. The van der Waals surface area contributed by atoms with Crippen LogP contribution in [-0.4, -0.2) is 47.4 Å². The van der Waals surface area contributed by atoms with Gasteiger partial charge in [-0.15, -0.1) is 0 Å². The van der Waals surface area contributed by atoms with Crippen LogP contribution in [0.1, 0.15) is 19.3 Å². The van der Waals surface area contributed by atoms with E-state index in [-0.39, 0.29) is 5.91 Å². The molecule has 1 aliphatic heterocycles. The van der Waals surface area contributed by atoms with Crippen LogP contribution in [0.25, 0.3) is 0 Å². The topological polar surface area (TPSA) is 95.2 Å². The summed E-state index contributed by atoms with van der Waals surface area (Å²) in [6.45, 7) is 0.398. The number of hydrogen-bond acceptors (Lipinski definition) is 4. The van der Waals surface area contributed by atoms with Gasteiger partial charge in [-0.25, -0.2) is 13.4 Å². The summed E-state index contributed by atoms with van der Waals surface area (Å²) in [6.07, 6.45) is 6.42. The summed E-state index contributed by atoms with van der Waals surface area (Å²) in [5, 5.41) is 2.58. The number of H-pyrrole nitrogens is 1. The largest absolute Gasteiger partial charge is 0.331 e. The summed E-state index contributed by atoms with van der Waals surface area (Å²) in [4.78, 5) is 18.7. The van der Waals surface area contributed by atoms with Gasteiger partial charge in [0.05, 0.1) is 6.26 Å². The van der Waals surface area contributed by atoms with Gasteiger partial charge in [0.25, 0.3) is 0 Å². The van der Waals surface area contributed by atoms with Crippen LogP contribution >= 0.6 is 0 Å². The minimum atomic E-state index is -3.36. The van der Waals surface area contributed by atoms with E-state index >= 15 is 0 Å². The molecule has 1 unspecified atom stereocenters. The van der Waals surface area contributed by atoms with E-state index in [1.54, 1.807) is 6.20 Å². The molecule has 0 aliphatic carbocycles. The number of nitrogens with zero attached hydrogens (tertiary/aromatic N) is 2. The normalized spacial score (nSPS) is 21.7. The third-order valence-electron chi connectivity index (χ3n) is 2.92. The van der Waals surface area contributed by atoms with Crippen LogP contribution in [0.5, 0.6) is 0 Å². The van der Waals surface area contributed by atoms with Crippen LogP contribution in [0.3, 0.4) is 0 Å². The number of carbonyl (C=O) groups is 1. The minimum Gasteiger partial charge on any atom is -0.331 e. The van der Waals surface area contributed by atoms with Crippen molar-refractivity contribution in [1.29, 1.82) is 0 Å². The van der Waals surface area contributed by atoms with Gasteiger partial charge in [-0.05, 0) is 12.8 Å². The Labute approximate surface area is 106 Å². The van der Waals surface area contributed by atoms with E-state index in [0.717, 1.165) is 19.1 Å². The Hall–Kier alpha value is -1.41. The van der Waals surface area contributed by atoms with Crippen molar-refractivity contribution in [2.75, 3.05) is 18.1 Å². The highest BCUT2D eigenvalue weighted by atomic mass is 32.2. The summed E-state index contributed by atoms with van der Waals surface area (Å²) in [5.74, 6) is -0.00546. The molecular formula is C10H16N4O3S. The number of imidazole rings is 1. The van der Waals surface area contributed by atoms with E-state index in [2.05, 4.69) is 15.3 Å². The van der Waals surface area contributed by atoms with Crippen molar-refractivity contribution in [2.24, 2.45) is 0 Å². The summed E-state index contributed by atoms with van der Waals surface area (Å²) >= 11 is 0. The van der Waals surface area contributed by atoms with Crippen LogP contribution in [0, 0.1) is 0 Å². The van der Waals surface area contributed by atoms with E-state index in [9.17, 15) is 13.2 Å². The molecule has 0 radical (unpaired) electrons. The lowest BCUT2D eigenvalue weighted by Gasteiger charge is -2.32. The van der Waals surface area contributed by atoms with Gasteiger partial charge in [-0.2, -0.15) is 4.31 Å². The molecule has 1 aromatic heterocycles. The molecule has 0 spiro atoms. The molecule has 7 nitrogen and oxygen atoms in total. The summed E-state index contributed by atoms with van der Waals surface area (Å²) in [6, 6.07) is -0.640. The Morgan fingerprint density at radius 1 is 1.56 bits per heavy atom. The third-order valence-corrected chi connectivity index (χ3v) is 4.21. The molecular weight excluding hydrogens is 256 g/mol. The summed E-state index contributed by atoms with van der Waals surface area (Å²) in [7, 11) is -3.36. The first-order chi connectivity index (χ1) is 8.48. The highest BCUT2D eigenvalue weighted by Gasteiger charge is 2.34. The van der Waals surface area contributed by atoms with Crippen LogP contribution in [-0.2, 0) is 14.8 Å². The van der Waals surface area contributed by atoms with Crippen molar-refractivity contribution in [3.8, 4) is 0 Å². The highest BCUT2D eigenvalue weighted by molar-refractivity contribution is 7.88. The maximum atomic E-state index is 12.0. The Kier molecular flexibility index (Phi) is 3.67. The van der Waals surface area contributed by atoms with E-state index in [1.165, 1.54) is 10.5 Å². The zero-order chi connectivity index (χ0) is 13.2. The van der Waals surface area contributed by atoms with Gasteiger partial charge in [-0.3, -0.25) is 10.1 Å². The second-order valence-corrected chi connectivity index (χ2v) is 6.25. The second-order valence-electron chi connectivity index (χ2n) is 4.31. The lowest BCUT2D eigenvalue weighted by Crippen LogP contribution is -2.49. The maximum absolute atomic E-state index is 12.0. The Morgan fingerprint density at radius 2 is 2.33 bits per heavy atom. The number of aromatic amines is 1. The lowest BCUT2D eigenvalue weighted by atomic mass is 10.0. The predicted molar refractivity (Wildman–Crippen MR) is 66.4 cm³/mol. The predicted octanol–water partition coefficient (Wildman–Crippen LogP) is 0.162. The van der Waals surface area contributed by atoms with E-state index in [4.69, 9.17) is 0 Å². The van der Waals surface area contributed by atoms with Crippen LogP contribution < -0.4 is 5.32 Å². The van der Waals surface area contributed by atoms with Gasteiger partial charge >= 0.3 is 0 Å². The standard InChI is InChI=1S/C10H16N4O3S/c1-18(16,17)14-7-3-2-4-8(14)9(15)13-10-11-5-6-12-10/h5-6,8H,2-4,7H2,1H3,(H2,11,12,13,15). The van der Waals surface area contributed by atoms with Crippen molar-refractivity contribution in [2.45, 2.75) is 25.3 Å². The molecule has 2 rings (SSSR count). The van der Waals surface area contributed by atoms with Crippen LogP contribution in [0.4, 0.5) is 5.95 Å². The molecule has 1 amide bonds. The number of aromatic nitrogens is 2. The first kappa shape index (κ1) is 13.0. The fraction of sp³-hybridized carbons (Fsp3) is 0.600. The summed E-state index contributed by atoms with van der Waals surface area (Å²) < 4.78 is 24.5. The van der Waals surface area contributed by atoms with Gasteiger partial charge in [0, 0.05) is 18.9 Å². The van der Waals surface area contributed by atoms with E-state index < -0.39 is 16.1 Å². The lowest BCUT2D eigenvalue weighted by molar-refractivity contribution is -0.120. The number of carbonyl (C=O) groups excluding carboxylic acids is 1. The van der Waals surface area contributed by atoms with Crippen molar-refractivity contribution >= 4 is 21.9 Å². The third kappa shape index (κ3) is 2.88. The molecule has 0 bridgehead atoms. The number of sulfonamides is 1. The average molecular weight is 272 g/mol. The molecule has 2 heterocycles. The van der Waals surface area contributed by atoms with Crippen LogP contribution in [0.2, 0.25) is 0 Å². The fourth-order valence-electron chi connectivity index (χ4n) is 2.10. The fourth-order valence-corrected chi connectivity index (χ4v) is 3.22. The van der Waals surface area contributed by atoms with Crippen LogP contribution in [0.15, 0.2) is 12.4 Å². The quantitative estimate of drug-likeness (QED) is 0.819. The number of anilines is 1. The zero-order valence-electron chi connectivity index (χ0n) is 10.1. The second kappa shape index (κ2) is 5.07. The maximum Gasteiger partial charge on any atom is 0.245 e. The molecule has 1 fully saturated rings. The first-order valence-corrected chi connectivity index (χ1v) is 7.60. The molecule has 1 aromatic rings. The monoisotopic (exact) mass is 272 g/mol. The first-order valence-electron chi connectivity index (χ1n) is 5.75. The number of amides is 1. The van der Waals surface area contributed by atoms with Crippen molar-refractivity contribution in [3.63, 3.8) is 0 Å². The number of rotatable bonds is 3. The van der Waals surface area contributed by atoms with Crippen molar-refractivity contribution in [1.82, 2.24) is 14.3 Å². The zero-order valence-corrected chi connectivity index (χ0v) is 10.9. The molecule has 8 heteroatoms. The van der Waals surface area contributed by atoms with Gasteiger partial charge in [-0.1, -0.05) is 6.42 Å². The van der Waals surface area contributed by atoms with Gasteiger partial charge in [0.1, 0.15) is 6.04 Å². The van der Waals surface area contributed by atoms with E-state index in [0.29, 0.717) is 18.9 Å². The minimum absolute atomic E-state index is 0.332. The number of nitrogens with one attached hydrogen (secondary N) is 2. The molecule has 18 heavy (non-hydrogen) atoms. The molecule has 1 saturated heterocycles. The van der Waals surface area contributed by atoms with Gasteiger partial charge in [0.15, 0.2) is 0 Å². The molecule has 1 atom stereocenters. The average Bonchev–Trinajstić information content (AvgIpc) is 2.80. The van der Waals surface area contributed by atoms with Crippen molar-refractivity contribution in [3.05, 3.63) is 12.4 Å². The Bertz CT molecular complexity index is 511. The van der Waals surface area contributed by atoms with Gasteiger partial charge in [0.2, 0.25) is 21.9 Å². The highest BCUT2D eigenvalue weighted by Crippen LogP contribution is 2.20. The number of hydrogen-bond donors (Lipinski definition) is 2.